The highest BCUT2D eigenvalue weighted by atomic mass is 15.0. The first-order valence-electron chi connectivity index (χ1n) is 12.0. The number of aromatic nitrogens is 4. The molecule has 4 aromatic heterocycles. The summed E-state index contributed by atoms with van der Waals surface area (Å²) in [6.07, 6.45) is 9.53. The molecule has 4 heteroatoms. The maximum Gasteiger partial charge on any atom is 0.148 e. The molecule has 4 nitrogen and oxygen atoms in total. The zero-order valence-corrected chi connectivity index (χ0v) is 18.8. The average molecular weight is 447 g/mol. The second-order valence-electron chi connectivity index (χ2n) is 9.68. The van der Waals surface area contributed by atoms with Gasteiger partial charge in [-0.25, -0.2) is 4.98 Å². The molecule has 2 aliphatic carbocycles. The lowest BCUT2D eigenvalue weighted by atomic mass is 9.95. The number of hydrogen-bond donors (Lipinski definition) is 0. The van der Waals surface area contributed by atoms with E-state index in [1.165, 1.54) is 49.9 Å². The van der Waals surface area contributed by atoms with Crippen LogP contribution in [0.2, 0.25) is 0 Å². The van der Waals surface area contributed by atoms with Crippen molar-refractivity contribution in [3.05, 3.63) is 108 Å². The average Bonchev–Trinajstić information content (AvgIpc) is 3.59. The van der Waals surface area contributed by atoms with Crippen LogP contribution in [0.4, 0.5) is 0 Å². The van der Waals surface area contributed by atoms with Crippen LogP contribution in [0.25, 0.3) is 60.6 Å². The Kier molecular flexibility index (Phi) is 3.11. The smallest absolute Gasteiger partial charge is 0.148 e. The first-order valence-corrected chi connectivity index (χ1v) is 12.0. The van der Waals surface area contributed by atoms with E-state index in [-0.39, 0.29) is 0 Å². The molecule has 0 N–H and O–H groups in total. The normalized spacial score (nSPS) is 13.5. The molecular formula is C31H18N4. The molecule has 0 saturated heterocycles. The first-order chi connectivity index (χ1) is 17.4. The van der Waals surface area contributed by atoms with Gasteiger partial charge in [0.05, 0.1) is 22.7 Å². The Bertz CT molecular complexity index is 2070. The van der Waals surface area contributed by atoms with Crippen LogP contribution in [-0.2, 0) is 12.8 Å². The summed E-state index contributed by atoms with van der Waals surface area (Å²) in [7, 11) is 0. The number of imidazole rings is 1. The fourth-order valence-corrected chi connectivity index (χ4v) is 6.57. The van der Waals surface area contributed by atoms with Crippen molar-refractivity contribution >= 4 is 38.4 Å². The molecule has 0 bridgehead atoms. The molecular weight excluding hydrogens is 428 g/mol. The van der Waals surface area contributed by atoms with Crippen LogP contribution >= 0.6 is 0 Å². The number of nitrogens with zero attached hydrogens (tertiary/aromatic N) is 4. The molecule has 0 spiro atoms. The zero-order valence-electron chi connectivity index (χ0n) is 18.8. The monoisotopic (exact) mass is 446 g/mol. The van der Waals surface area contributed by atoms with Gasteiger partial charge in [-0.15, -0.1) is 0 Å². The third kappa shape index (κ3) is 2.11. The summed E-state index contributed by atoms with van der Waals surface area (Å²) in [6.45, 7) is 0. The standard InChI is InChI=1S/C31H18N4/c1-2-4-19-17(3-1)13-24-20(19)6-5-18-14-25-23(29(18)24)7-8-27-30(25)34-31-26-15-32-11-9-21(26)22-10-12-33-16-28(22)35(27)31/h1-12,15-16H,13-14H2. The van der Waals surface area contributed by atoms with E-state index in [0.717, 1.165) is 45.8 Å². The van der Waals surface area contributed by atoms with E-state index in [4.69, 9.17) is 4.98 Å². The molecule has 0 aliphatic heterocycles. The maximum absolute atomic E-state index is 5.28. The van der Waals surface area contributed by atoms with E-state index in [9.17, 15) is 0 Å². The minimum absolute atomic E-state index is 0.919. The molecule has 0 radical (unpaired) electrons. The fraction of sp³-hybridized carbons (Fsp3) is 0.0645. The molecule has 0 unspecified atom stereocenters. The zero-order chi connectivity index (χ0) is 22.7. The molecule has 0 saturated carbocycles. The Morgan fingerprint density at radius 2 is 1.43 bits per heavy atom. The summed E-state index contributed by atoms with van der Waals surface area (Å²) in [5.41, 5.74) is 15.4. The van der Waals surface area contributed by atoms with E-state index in [1.54, 1.807) is 0 Å². The van der Waals surface area contributed by atoms with Crippen molar-refractivity contribution in [3.8, 4) is 22.3 Å². The van der Waals surface area contributed by atoms with Gasteiger partial charge in [-0.3, -0.25) is 14.4 Å². The van der Waals surface area contributed by atoms with Gasteiger partial charge in [0.25, 0.3) is 0 Å². The van der Waals surface area contributed by atoms with Crippen molar-refractivity contribution in [2.24, 2.45) is 0 Å². The predicted molar refractivity (Wildman–Crippen MR) is 140 cm³/mol. The fourth-order valence-electron chi connectivity index (χ4n) is 6.57. The quantitative estimate of drug-likeness (QED) is 0.243. The highest BCUT2D eigenvalue weighted by Crippen LogP contribution is 2.49. The Labute approximate surface area is 200 Å². The maximum atomic E-state index is 5.28. The lowest BCUT2D eigenvalue weighted by molar-refractivity contribution is 1.24. The number of hydrogen-bond acceptors (Lipinski definition) is 3. The van der Waals surface area contributed by atoms with E-state index < -0.39 is 0 Å². The van der Waals surface area contributed by atoms with Crippen LogP contribution in [0.5, 0.6) is 0 Å². The van der Waals surface area contributed by atoms with Crippen molar-refractivity contribution in [2.75, 3.05) is 0 Å². The minimum atomic E-state index is 0.919. The van der Waals surface area contributed by atoms with Crippen LogP contribution in [-0.4, -0.2) is 19.4 Å². The summed E-state index contributed by atoms with van der Waals surface area (Å²) in [5, 5.41) is 3.40. The molecule has 2 aliphatic rings. The first kappa shape index (κ1) is 17.8. The second-order valence-corrected chi connectivity index (χ2v) is 9.68. The van der Waals surface area contributed by atoms with Gasteiger partial charge in [0.2, 0.25) is 0 Å². The van der Waals surface area contributed by atoms with E-state index in [0.29, 0.717) is 0 Å². The summed E-state index contributed by atoms with van der Waals surface area (Å²) in [5.74, 6) is 0. The number of rotatable bonds is 0. The third-order valence-corrected chi connectivity index (χ3v) is 8.04. The van der Waals surface area contributed by atoms with Gasteiger partial charge in [-0.1, -0.05) is 42.5 Å². The molecule has 0 fully saturated rings. The van der Waals surface area contributed by atoms with Crippen LogP contribution in [0.3, 0.4) is 0 Å². The van der Waals surface area contributed by atoms with E-state index in [1.807, 2.05) is 24.8 Å². The number of benzene rings is 3. The third-order valence-electron chi connectivity index (χ3n) is 8.04. The molecule has 4 heterocycles. The number of pyridine rings is 3. The second kappa shape index (κ2) is 6.10. The topological polar surface area (TPSA) is 43.1 Å². The van der Waals surface area contributed by atoms with Crippen molar-refractivity contribution < 1.29 is 0 Å². The molecule has 0 amide bonds. The van der Waals surface area contributed by atoms with E-state index >= 15 is 0 Å². The van der Waals surface area contributed by atoms with Gasteiger partial charge in [0, 0.05) is 35.8 Å². The Balaban J connectivity index is 1.39. The van der Waals surface area contributed by atoms with Crippen LogP contribution < -0.4 is 0 Å². The van der Waals surface area contributed by atoms with Gasteiger partial charge in [-0.2, -0.15) is 0 Å². The van der Waals surface area contributed by atoms with Gasteiger partial charge < -0.3 is 0 Å². The SMILES string of the molecule is c1ccc2c(c1)Cc1c-2ccc2c1-c1ccc3c(nc4c5cnccc5c5ccncc5n34)c1C2. The highest BCUT2D eigenvalue weighted by Gasteiger charge is 2.30. The van der Waals surface area contributed by atoms with Crippen LogP contribution in [0, 0.1) is 0 Å². The van der Waals surface area contributed by atoms with E-state index in [2.05, 4.69) is 75.0 Å². The molecule has 0 atom stereocenters. The number of fused-ring (bicyclic) bond motifs is 16. The van der Waals surface area contributed by atoms with Gasteiger partial charge in [0.1, 0.15) is 5.65 Å². The molecule has 3 aromatic carbocycles. The van der Waals surface area contributed by atoms with Crippen LogP contribution in [0.1, 0.15) is 22.3 Å². The lowest BCUT2D eigenvalue weighted by Gasteiger charge is -2.09. The lowest BCUT2D eigenvalue weighted by Crippen LogP contribution is -1.92. The molecule has 9 rings (SSSR count). The van der Waals surface area contributed by atoms with Crippen molar-refractivity contribution in [2.45, 2.75) is 12.8 Å². The van der Waals surface area contributed by atoms with Crippen molar-refractivity contribution in [3.63, 3.8) is 0 Å². The minimum Gasteiger partial charge on any atom is -0.290 e. The summed E-state index contributed by atoms with van der Waals surface area (Å²) < 4.78 is 2.27. The Morgan fingerprint density at radius 3 is 2.40 bits per heavy atom. The highest BCUT2D eigenvalue weighted by molar-refractivity contribution is 6.13. The van der Waals surface area contributed by atoms with Gasteiger partial charge >= 0.3 is 0 Å². The van der Waals surface area contributed by atoms with Crippen molar-refractivity contribution in [1.29, 1.82) is 0 Å². The van der Waals surface area contributed by atoms with Gasteiger partial charge in [-0.05, 0) is 74.5 Å². The summed E-state index contributed by atoms with van der Waals surface area (Å²) in [4.78, 5) is 14.2. The molecule has 35 heavy (non-hydrogen) atoms. The molecule has 7 aromatic rings. The summed E-state index contributed by atoms with van der Waals surface area (Å²) >= 11 is 0. The summed E-state index contributed by atoms with van der Waals surface area (Å²) in [6, 6.07) is 22.2. The Hall–Kier alpha value is -4.57. The van der Waals surface area contributed by atoms with Crippen molar-refractivity contribution in [1.82, 2.24) is 19.4 Å². The molecule has 162 valence electrons. The largest absolute Gasteiger partial charge is 0.290 e. The Morgan fingerprint density at radius 1 is 0.600 bits per heavy atom. The predicted octanol–water partition coefficient (Wildman–Crippen LogP) is 6.73. The van der Waals surface area contributed by atoms with Crippen LogP contribution in [0.15, 0.2) is 85.5 Å². The van der Waals surface area contributed by atoms with Gasteiger partial charge in [0.15, 0.2) is 0 Å².